The summed E-state index contributed by atoms with van der Waals surface area (Å²) < 4.78 is 5.48. The zero-order valence-corrected chi connectivity index (χ0v) is 14.0. The van der Waals surface area contributed by atoms with Crippen LogP contribution in [0.3, 0.4) is 0 Å². The maximum absolute atomic E-state index is 12.2. The van der Waals surface area contributed by atoms with Gasteiger partial charge < -0.3 is 15.0 Å². The maximum atomic E-state index is 12.2. The van der Waals surface area contributed by atoms with Gasteiger partial charge in [-0.1, -0.05) is 6.07 Å². The van der Waals surface area contributed by atoms with Crippen molar-refractivity contribution in [2.24, 2.45) is 0 Å². The van der Waals surface area contributed by atoms with Crippen molar-refractivity contribution in [3.05, 3.63) is 22.4 Å². The molecule has 0 bridgehead atoms. The van der Waals surface area contributed by atoms with E-state index in [1.165, 1.54) is 4.88 Å². The van der Waals surface area contributed by atoms with Crippen LogP contribution in [0.5, 0.6) is 0 Å². The Morgan fingerprint density at radius 3 is 3.00 bits per heavy atom. The first-order valence-corrected chi connectivity index (χ1v) is 8.56. The van der Waals surface area contributed by atoms with Crippen LogP contribution in [0.15, 0.2) is 17.5 Å². The standard InChI is InChI=1S/C16H26N2O2S/c1-16(2,3)20-15(19)18-10-4-6-13(18)12-17-9-8-14-7-5-11-21-14/h5,7,11,13,17H,4,6,8-10,12H2,1-3H3. The number of carbonyl (C=O) groups excluding carboxylic acids is 1. The van der Waals surface area contributed by atoms with E-state index >= 15 is 0 Å². The fourth-order valence-electron chi connectivity index (χ4n) is 2.54. The van der Waals surface area contributed by atoms with Crippen molar-refractivity contribution in [1.82, 2.24) is 10.2 Å². The van der Waals surface area contributed by atoms with Crippen LogP contribution in [0.2, 0.25) is 0 Å². The zero-order valence-electron chi connectivity index (χ0n) is 13.2. The number of rotatable bonds is 5. The molecule has 1 N–H and O–H groups in total. The van der Waals surface area contributed by atoms with Gasteiger partial charge in [-0.25, -0.2) is 4.79 Å². The number of carbonyl (C=O) groups is 1. The van der Waals surface area contributed by atoms with Crippen LogP contribution in [0.4, 0.5) is 4.79 Å². The molecule has 21 heavy (non-hydrogen) atoms. The number of thiophene rings is 1. The zero-order chi connectivity index (χ0) is 15.3. The lowest BCUT2D eigenvalue weighted by Gasteiger charge is -2.28. The monoisotopic (exact) mass is 310 g/mol. The van der Waals surface area contributed by atoms with Gasteiger partial charge >= 0.3 is 6.09 Å². The highest BCUT2D eigenvalue weighted by atomic mass is 32.1. The third-order valence-corrected chi connectivity index (χ3v) is 4.45. The first-order valence-electron chi connectivity index (χ1n) is 7.68. The smallest absolute Gasteiger partial charge is 0.410 e. The van der Waals surface area contributed by atoms with Crippen LogP contribution >= 0.6 is 11.3 Å². The molecule has 0 aliphatic carbocycles. The molecule has 4 nitrogen and oxygen atoms in total. The molecule has 0 spiro atoms. The number of amides is 1. The molecule has 1 atom stereocenters. The highest BCUT2D eigenvalue weighted by Gasteiger charge is 2.31. The number of ether oxygens (including phenoxy) is 1. The van der Waals surface area contributed by atoms with Crippen molar-refractivity contribution in [1.29, 1.82) is 0 Å². The Hall–Kier alpha value is -1.07. The molecule has 2 heterocycles. The number of hydrogen-bond donors (Lipinski definition) is 1. The highest BCUT2D eigenvalue weighted by Crippen LogP contribution is 2.20. The van der Waals surface area contributed by atoms with Crippen LogP contribution in [-0.2, 0) is 11.2 Å². The SMILES string of the molecule is CC(C)(C)OC(=O)N1CCCC1CNCCc1cccs1. The van der Waals surface area contributed by atoms with Gasteiger partial charge in [-0.15, -0.1) is 11.3 Å². The minimum absolute atomic E-state index is 0.176. The molecule has 1 aliphatic heterocycles. The molecule has 0 radical (unpaired) electrons. The van der Waals surface area contributed by atoms with Crippen LogP contribution < -0.4 is 5.32 Å². The van der Waals surface area contributed by atoms with Crippen molar-refractivity contribution in [2.75, 3.05) is 19.6 Å². The van der Waals surface area contributed by atoms with Gasteiger partial charge in [0.1, 0.15) is 5.60 Å². The third kappa shape index (κ3) is 5.32. The second-order valence-electron chi connectivity index (χ2n) is 6.50. The molecule has 1 aliphatic rings. The molecule has 5 heteroatoms. The molecule has 1 unspecified atom stereocenters. The molecular weight excluding hydrogens is 284 g/mol. The number of nitrogens with one attached hydrogen (secondary N) is 1. The fraction of sp³-hybridized carbons (Fsp3) is 0.688. The summed E-state index contributed by atoms with van der Waals surface area (Å²) in [6.45, 7) is 8.36. The van der Waals surface area contributed by atoms with Crippen molar-refractivity contribution in [3.8, 4) is 0 Å². The molecule has 1 aromatic heterocycles. The van der Waals surface area contributed by atoms with E-state index in [2.05, 4.69) is 22.8 Å². The maximum Gasteiger partial charge on any atom is 0.410 e. The lowest BCUT2D eigenvalue weighted by Crippen LogP contribution is -2.44. The molecule has 1 saturated heterocycles. The predicted octanol–water partition coefficient (Wildman–Crippen LogP) is 3.28. The van der Waals surface area contributed by atoms with Gasteiger partial charge in [0.25, 0.3) is 0 Å². The van der Waals surface area contributed by atoms with Crippen molar-refractivity contribution >= 4 is 17.4 Å². The lowest BCUT2D eigenvalue weighted by molar-refractivity contribution is 0.0227. The fourth-order valence-corrected chi connectivity index (χ4v) is 3.25. The Labute approximate surface area is 131 Å². The molecule has 118 valence electrons. The second kappa shape index (κ2) is 7.27. The van der Waals surface area contributed by atoms with E-state index < -0.39 is 5.60 Å². The largest absolute Gasteiger partial charge is 0.444 e. The van der Waals surface area contributed by atoms with E-state index in [0.29, 0.717) is 0 Å². The third-order valence-electron chi connectivity index (χ3n) is 3.51. The van der Waals surface area contributed by atoms with E-state index in [9.17, 15) is 4.79 Å². The Balaban J connectivity index is 1.72. The van der Waals surface area contributed by atoms with Crippen LogP contribution in [-0.4, -0.2) is 42.3 Å². The quantitative estimate of drug-likeness (QED) is 0.849. The normalized spacial score (nSPS) is 19.0. The summed E-state index contributed by atoms with van der Waals surface area (Å²) in [5.41, 5.74) is -0.420. The van der Waals surface area contributed by atoms with Gasteiger partial charge in [0, 0.05) is 30.6 Å². The first-order chi connectivity index (χ1) is 9.96. The Morgan fingerprint density at radius 1 is 1.52 bits per heavy atom. The van der Waals surface area contributed by atoms with Gasteiger partial charge in [0.2, 0.25) is 0 Å². The summed E-state index contributed by atoms with van der Waals surface area (Å²) >= 11 is 1.79. The molecule has 2 rings (SSSR count). The number of nitrogens with zero attached hydrogens (tertiary/aromatic N) is 1. The Morgan fingerprint density at radius 2 is 2.33 bits per heavy atom. The molecular formula is C16H26N2O2S. The van der Waals surface area contributed by atoms with E-state index in [1.54, 1.807) is 11.3 Å². The summed E-state index contributed by atoms with van der Waals surface area (Å²) in [6, 6.07) is 4.51. The lowest BCUT2D eigenvalue weighted by atomic mass is 10.2. The van der Waals surface area contributed by atoms with Crippen LogP contribution in [0.25, 0.3) is 0 Å². The van der Waals surface area contributed by atoms with Gasteiger partial charge in [-0.3, -0.25) is 0 Å². The molecule has 1 fully saturated rings. The summed E-state index contributed by atoms with van der Waals surface area (Å²) in [4.78, 5) is 15.4. The summed E-state index contributed by atoms with van der Waals surface area (Å²) in [5.74, 6) is 0. The second-order valence-corrected chi connectivity index (χ2v) is 7.54. The number of likely N-dealkylation sites (tertiary alicyclic amines) is 1. The molecule has 1 aromatic rings. The predicted molar refractivity (Wildman–Crippen MR) is 86.9 cm³/mol. The number of hydrogen-bond acceptors (Lipinski definition) is 4. The van der Waals surface area contributed by atoms with E-state index in [4.69, 9.17) is 4.74 Å². The van der Waals surface area contributed by atoms with Gasteiger partial charge in [-0.05, 0) is 51.5 Å². The van der Waals surface area contributed by atoms with Crippen molar-refractivity contribution in [2.45, 2.75) is 51.7 Å². The first kappa shape index (κ1) is 16.3. The van der Waals surface area contributed by atoms with Gasteiger partial charge in [-0.2, -0.15) is 0 Å². The van der Waals surface area contributed by atoms with Gasteiger partial charge in [0.05, 0.1) is 0 Å². The van der Waals surface area contributed by atoms with E-state index in [1.807, 2.05) is 25.7 Å². The van der Waals surface area contributed by atoms with Crippen molar-refractivity contribution in [3.63, 3.8) is 0 Å². The Kier molecular flexibility index (Phi) is 5.65. The highest BCUT2D eigenvalue weighted by molar-refractivity contribution is 7.09. The molecule has 1 amide bonds. The average Bonchev–Trinajstić information content (AvgIpc) is 3.04. The minimum Gasteiger partial charge on any atom is -0.444 e. The van der Waals surface area contributed by atoms with Crippen molar-refractivity contribution < 1.29 is 9.53 Å². The van der Waals surface area contributed by atoms with Crippen LogP contribution in [0, 0.1) is 0 Å². The minimum atomic E-state index is -0.420. The van der Waals surface area contributed by atoms with E-state index in [-0.39, 0.29) is 12.1 Å². The Bertz CT molecular complexity index is 440. The molecule has 0 saturated carbocycles. The molecule has 0 aromatic carbocycles. The summed E-state index contributed by atoms with van der Waals surface area (Å²) in [6.07, 6.45) is 3.00. The topological polar surface area (TPSA) is 41.6 Å². The van der Waals surface area contributed by atoms with Crippen LogP contribution in [0.1, 0.15) is 38.5 Å². The van der Waals surface area contributed by atoms with E-state index in [0.717, 1.165) is 38.9 Å². The van der Waals surface area contributed by atoms with Gasteiger partial charge in [0.15, 0.2) is 0 Å². The average molecular weight is 310 g/mol. The summed E-state index contributed by atoms with van der Waals surface area (Å²) in [5, 5.41) is 5.58. The summed E-state index contributed by atoms with van der Waals surface area (Å²) in [7, 11) is 0.